The molecule has 2 fully saturated rings. The van der Waals surface area contributed by atoms with E-state index in [9.17, 15) is 9.59 Å². The third-order valence-corrected chi connectivity index (χ3v) is 6.38. The molecule has 0 bridgehead atoms. The molecule has 30 heavy (non-hydrogen) atoms. The largest absolute Gasteiger partial charge is 0.380 e. The molecule has 2 aromatic rings. The lowest BCUT2D eigenvalue weighted by Crippen LogP contribution is -2.45. The Morgan fingerprint density at radius 3 is 2.63 bits per heavy atom. The van der Waals surface area contributed by atoms with E-state index in [1.54, 1.807) is 6.92 Å². The minimum absolute atomic E-state index is 0.0425. The molecule has 1 aliphatic heterocycles. The highest BCUT2D eigenvalue weighted by Gasteiger charge is 2.37. The third-order valence-electron chi connectivity index (χ3n) is 6.38. The molecule has 2 aromatic heterocycles. The number of hydrogen-bond donors (Lipinski definition) is 2. The summed E-state index contributed by atoms with van der Waals surface area (Å²) < 4.78 is 22.7. The number of ether oxygens (including phenoxy) is 1. The summed E-state index contributed by atoms with van der Waals surface area (Å²) in [6.07, 6.45) is 1.63. The lowest BCUT2D eigenvalue weighted by atomic mass is 9.91. The van der Waals surface area contributed by atoms with Crippen molar-refractivity contribution < 1.29 is 9.13 Å². The summed E-state index contributed by atoms with van der Waals surface area (Å²) in [4.78, 5) is 31.1. The maximum Gasteiger partial charge on any atom is 0.350 e. The molecule has 4 rings (SSSR count). The minimum atomic E-state index is -0.785. The van der Waals surface area contributed by atoms with Gasteiger partial charge in [-0.15, -0.1) is 0 Å². The number of nitrogen functional groups attached to an aromatic ring is 1. The van der Waals surface area contributed by atoms with Gasteiger partial charge in [-0.2, -0.15) is 9.07 Å². The predicted molar refractivity (Wildman–Crippen MR) is 113 cm³/mol. The predicted octanol–water partition coefficient (Wildman–Crippen LogP) is 0.491. The summed E-state index contributed by atoms with van der Waals surface area (Å²) >= 11 is 0. The lowest BCUT2D eigenvalue weighted by Gasteiger charge is -2.24. The topological polar surface area (TPSA) is 121 Å². The molecular formula is C20H29FN6O3. The van der Waals surface area contributed by atoms with Gasteiger partial charge in [-0.1, -0.05) is 6.92 Å². The van der Waals surface area contributed by atoms with Crippen LogP contribution in [0.15, 0.2) is 9.59 Å². The van der Waals surface area contributed by atoms with Gasteiger partial charge in [0.15, 0.2) is 5.52 Å². The number of anilines is 1. The van der Waals surface area contributed by atoms with Crippen molar-refractivity contribution in [1.29, 1.82) is 0 Å². The zero-order valence-corrected chi connectivity index (χ0v) is 17.6. The number of rotatable bonds is 6. The van der Waals surface area contributed by atoms with Crippen LogP contribution in [0.2, 0.25) is 0 Å². The Morgan fingerprint density at radius 1 is 1.30 bits per heavy atom. The third kappa shape index (κ3) is 3.27. The van der Waals surface area contributed by atoms with Crippen LogP contribution in [-0.4, -0.2) is 46.6 Å². The Bertz CT molecular complexity index is 1090. The van der Waals surface area contributed by atoms with Gasteiger partial charge in [-0.25, -0.2) is 9.78 Å². The van der Waals surface area contributed by atoms with Gasteiger partial charge in [0.25, 0.3) is 0 Å². The molecule has 0 amide bonds. The van der Waals surface area contributed by atoms with Crippen molar-refractivity contribution in [3.63, 3.8) is 0 Å². The monoisotopic (exact) mass is 420 g/mol. The lowest BCUT2D eigenvalue weighted by molar-refractivity contribution is 0.113. The molecule has 1 saturated heterocycles. The van der Waals surface area contributed by atoms with E-state index in [0.717, 1.165) is 12.8 Å². The van der Waals surface area contributed by atoms with Crippen LogP contribution in [0.5, 0.6) is 0 Å². The van der Waals surface area contributed by atoms with Gasteiger partial charge in [0.1, 0.15) is 0 Å². The van der Waals surface area contributed by atoms with E-state index >= 15 is 4.39 Å². The van der Waals surface area contributed by atoms with Crippen LogP contribution in [0.3, 0.4) is 0 Å². The standard InChI is InChI=1S/C20H29FN6O3/c1-4-30-9-14(22)13-8-25(7-10(13)2)17-11(3)16-15(24-18(17)21)19(28)27(23)20(29)26(16)12-5-6-12/h10,12-14H,4-9,22-23H2,1-3H3. The molecule has 10 heteroatoms. The molecule has 1 saturated carbocycles. The number of hydrogen-bond acceptors (Lipinski definition) is 7. The molecule has 1 aliphatic carbocycles. The van der Waals surface area contributed by atoms with Crippen molar-refractivity contribution >= 4 is 16.7 Å². The Labute approximate surface area is 173 Å². The van der Waals surface area contributed by atoms with E-state index in [2.05, 4.69) is 11.9 Å². The fourth-order valence-electron chi connectivity index (χ4n) is 4.65. The second kappa shape index (κ2) is 7.66. The summed E-state index contributed by atoms with van der Waals surface area (Å²) in [5.41, 5.74) is 6.07. The average molecular weight is 420 g/mol. The summed E-state index contributed by atoms with van der Waals surface area (Å²) in [6.45, 7) is 7.96. The van der Waals surface area contributed by atoms with Gasteiger partial charge >= 0.3 is 11.2 Å². The normalized spacial score (nSPS) is 22.8. The molecule has 3 heterocycles. The van der Waals surface area contributed by atoms with E-state index in [-0.39, 0.29) is 29.4 Å². The van der Waals surface area contributed by atoms with Gasteiger partial charge in [-0.05, 0) is 38.5 Å². The second-order valence-electron chi connectivity index (χ2n) is 8.50. The zero-order chi connectivity index (χ0) is 21.7. The average Bonchev–Trinajstić information content (AvgIpc) is 3.47. The fourth-order valence-corrected chi connectivity index (χ4v) is 4.65. The number of aryl methyl sites for hydroxylation is 1. The maximum atomic E-state index is 15.2. The zero-order valence-electron chi connectivity index (χ0n) is 17.6. The van der Waals surface area contributed by atoms with Gasteiger partial charge in [0.2, 0.25) is 5.95 Å². The highest BCUT2D eigenvalue weighted by molar-refractivity contribution is 5.83. The Morgan fingerprint density at radius 2 is 2.00 bits per heavy atom. The van der Waals surface area contributed by atoms with E-state index in [1.807, 2.05) is 11.8 Å². The van der Waals surface area contributed by atoms with Crippen LogP contribution in [-0.2, 0) is 4.74 Å². The highest BCUT2D eigenvalue weighted by atomic mass is 19.1. The van der Waals surface area contributed by atoms with Gasteiger partial charge in [-0.3, -0.25) is 9.36 Å². The molecule has 0 radical (unpaired) electrons. The van der Waals surface area contributed by atoms with Gasteiger partial charge in [0.05, 0.1) is 17.8 Å². The molecule has 0 spiro atoms. The van der Waals surface area contributed by atoms with Crippen LogP contribution < -0.4 is 27.7 Å². The molecule has 164 valence electrons. The molecule has 0 aromatic carbocycles. The molecule has 9 nitrogen and oxygen atoms in total. The van der Waals surface area contributed by atoms with Crippen LogP contribution in [0.4, 0.5) is 10.1 Å². The van der Waals surface area contributed by atoms with Crippen molar-refractivity contribution in [2.75, 3.05) is 37.0 Å². The fraction of sp³-hybridized carbons (Fsp3) is 0.650. The molecule has 3 unspecified atom stereocenters. The van der Waals surface area contributed by atoms with Crippen molar-refractivity contribution in [2.45, 2.75) is 45.7 Å². The highest BCUT2D eigenvalue weighted by Crippen LogP contribution is 2.39. The number of nitrogens with zero attached hydrogens (tertiary/aromatic N) is 4. The first-order valence-corrected chi connectivity index (χ1v) is 10.5. The number of halogens is 1. The van der Waals surface area contributed by atoms with Crippen LogP contribution >= 0.6 is 0 Å². The number of pyridine rings is 1. The van der Waals surface area contributed by atoms with E-state index in [4.69, 9.17) is 16.3 Å². The van der Waals surface area contributed by atoms with Crippen molar-refractivity contribution in [2.24, 2.45) is 17.6 Å². The van der Waals surface area contributed by atoms with Crippen LogP contribution in [0.25, 0.3) is 11.0 Å². The number of aromatic nitrogens is 3. The Balaban J connectivity index is 1.81. The van der Waals surface area contributed by atoms with E-state index in [1.165, 1.54) is 4.57 Å². The molecule has 2 aliphatic rings. The summed E-state index contributed by atoms with van der Waals surface area (Å²) in [6, 6.07) is -0.199. The quantitative estimate of drug-likeness (QED) is 0.515. The van der Waals surface area contributed by atoms with Gasteiger partial charge < -0.3 is 21.2 Å². The SMILES string of the molecule is CCOCC(N)C1CN(c2c(F)nc3c(=O)n(N)c(=O)n(C4CC4)c3c2C)CC1C. The number of nitrogens with two attached hydrogens (primary N) is 2. The first kappa shape index (κ1) is 20.8. The maximum absolute atomic E-state index is 15.2. The van der Waals surface area contributed by atoms with Crippen LogP contribution in [0, 0.1) is 24.7 Å². The van der Waals surface area contributed by atoms with Crippen molar-refractivity contribution in [3.8, 4) is 0 Å². The number of fused-ring (bicyclic) bond motifs is 1. The summed E-state index contributed by atoms with van der Waals surface area (Å²) in [5, 5.41) is 0. The molecule has 3 atom stereocenters. The van der Waals surface area contributed by atoms with Crippen molar-refractivity contribution in [3.05, 3.63) is 32.3 Å². The first-order chi connectivity index (χ1) is 14.3. The smallest absolute Gasteiger partial charge is 0.350 e. The van der Waals surface area contributed by atoms with Crippen LogP contribution in [0.1, 0.15) is 38.3 Å². The Hall–Kier alpha value is -2.46. The first-order valence-electron chi connectivity index (χ1n) is 10.5. The van der Waals surface area contributed by atoms with Crippen molar-refractivity contribution in [1.82, 2.24) is 14.2 Å². The van der Waals surface area contributed by atoms with Gasteiger partial charge in [0, 0.05) is 37.3 Å². The van der Waals surface area contributed by atoms with E-state index in [0.29, 0.717) is 47.7 Å². The Kier molecular flexibility index (Phi) is 5.31. The molecule has 4 N–H and O–H groups in total. The minimum Gasteiger partial charge on any atom is -0.380 e. The van der Waals surface area contributed by atoms with E-state index < -0.39 is 17.2 Å². The summed E-state index contributed by atoms with van der Waals surface area (Å²) in [7, 11) is 0. The molecular weight excluding hydrogens is 391 g/mol. The second-order valence-corrected chi connectivity index (χ2v) is 8.50. The summed E-state index contributed by atoms with van der Waals surface area (Å²) in [5.74, 6) is 5.29.